The van der Waals surface area contributed by atoms with E-state index >= 15 is 0 Å². The molecular formula is C15H26N2O. The minimum absolute atomic E-state index is 0.494. The van der Waals surface area contributed by atoms with Gasteiger partial charge in [-0.25, -0.2) is 0 Å². The molecule has 1 rings (SSSR count). The Hall–Kier alpha value is -1.06. The summed E-state index contributed by atoms with van der Waals surface area (Å²) in [6.45, 7) is 6.96. The molecule has 2 N–H and O–H groups in total. The first kappa shape index (κ1) is 15.0. The SMILES string of the molecule is CCCN(c1ccc(CN)cc1)C(C)CCOC. The number of nitrogens with zero attached hydrogens (tertiary/aromatic N) is 1. The smallest absolute Gasteiger partial charge is 0.0481 e. The summed E-state index contributed by atoms with van der Waals surface area (Å²) in [6, 6.07) is 9.05. The maximum atomic E-state index is 5.63. The Balaban J connectivity index is 2.75. The molecule has 0 saturated carbocycles. The molecule has 18 heavy (non-hydrogen) atoms. The highest BCUT2D eigenvalue weighted by molar-refractivity contribution is 5.48. The zero-order chi connectivity index (χ0) is 13.4. The van der Waals surface area contributed by atoms with Crippen LogP contribution in [0.2, 0.25) is 0 Å². The summed E-state index contributed by atoms with van der Waals surface area (Å²) in [4.78, 5) is 2.44. The molecule has 0 fully saturated rings. The predicted molar refractivity (Wildman–Crippen MR) is 77.9 cm³/mol. The first-order valence-electron chi connectivity index (χ1n) is 6.77. The van der Waals surface area contributed by atoms with Gasteiger partial charge in [-0.2, -0.15) is 0 Å². The number of rotatable bonds is 8. The third-order valence-corrected chi connectivity index (χ3v) is 3.24. The Bertz CT molecular complexity index is 324. The van der Waals surface area contributed by atoms with Crippen molar-refractivity contribution < 1.29 is 4.74 Å². The second-order valence-electron chi connectivity index (χ2n) is 4.69. The summed E-state index contributed by atoms with van der Waals surface area (Å²) in [5.41, 5.74) is 8.09. The molecule has 0 aliphatic carbocycles. The number of hydrogen-bond acceptors (Lipinski definition) is 3. The molecular weight excluding hydrogens is 224 g/mol. The molecule has 1 unspecified atom stereocenters. The van der Waals surface area contributed by atoms with Crippen LogP contribution in [-0.4, -0.2) is 26.3 Å². The topological polar surface area (TPSA) is 38.5 Å². The number of anilines is 1. The predicted octanol–water partition coefficient (Wildman–Crippen LogP) is 2.79. The van der Waals surface area contributed by atoms with E-state index in [0.717, 1.165) is 26.0 Å². The highest BCUT2D eigenvalue weighted by Gasteiger charge is 2.13. The molecule has 0 saturated heterocycles. The van der Waals surface area contributed by atoms with E-state index < -0.39 is 0 Å². The van der Waals surface area contributed by atoms with E-state index in [4.69, 9.17) is 10.5 Å². The van der Waals surface area contributed by atoms with Gasteiger partial charge in [-0.05, 0) is 37.5 Å². The average Bonchev–Trinajstić information content (AvgIpc) is 2.42. The molecule has 1 aromatic carbocycles. The molecule has 0 aliphatic rings. The summed E-state index contributed by atoms with van der Waals surface area (Å²) in [7, 11) is 1.76. The number of methoxy groups -OCH3 is 1. The molecule has 3 heteroatoms. The Morgan fingerprint density at radius 2 is 1.94 bits per heavy atom. The summed E-state index contributed by atoms with van der Waals surface area (Å²) in [5.74, 6) is 0. The standard InChI is InChI=1S/C15H26N2O/c1-4-10-17(13(2)9-11-18-3)15-7-5-14(12-16)6-8-15/h5-8,13H,4,9-12,16H2,1-3H3. The maximum Gasteiger partial charge on any atom is 0.0481 e. The molecule has 3 nitrogen and oxygen atoms in total. The lowest BCUT2D eigenvalue weighted by Gasteiger charge is -2.31. The van der Waals surface area contributed by atoms with Crippen molar-refractivity contribution in [3.63, 3.8) is 0 Å². The fraction of sp³-hybridized carbons (Fsp3) is 0.600. The molecule has 0 bridgehead atoms. The molecule has 0 aliphatic heterocycles. The van der Waals surface area contributed by atoms with Crippen LogP contribution < -0.4 is 10.6 Å². The van der Waals surface area contributed by atoms with Gasteiger partial charge in [0, 0.05) is 38.5 Å². The second-order valence-corrected chi connectivity index (χ2v) is 4.69. The van der Waals surface area contributed by atoms with Crippen LogP contribution in [0, 0.1) is 0 Å². The van der Waals surface area contributed by atoms with Gasteiger partial charge in [-0.15, -0.1) is 0 Å². The van der Waals surface area contributed by atoms with Gasteiger partial charge in [-0.1, -0.05) is 19.1 Å². The molecule has 0 radical (unpaired) electrons. The lowest BCUT2D eigenvalue weighted by Crippen LogP contribution is -2.34. The van der Waals surface area contributed by atoms with Crippen LogP contribution in [-0.2, 0) is 11.3 Å². The van der Waals surface area contributed by atoms with Crippen LogP contribution in [0.1, 0.15) is 32.3 Å². The van der Waals surface area contributed by atoms with Crippen molar-refractivity contribution in [2.45, 2.75) is 39.3 Å². The van der Waals surface area contributed by atoms with Gasteiger partial charge in [0.25, 0.3) is 0 Å². The van der Waals surface area contributed by atoms with Gasteiger partial charge in [0.1, 0.15) is 0 Å². The van der Waals surface area contributed by atoms with Crippen molar-refractivity contribution in [1.29, 1.82) is 0 Å². The van der Waals surface area contributed by atoms with E-state index in [1.165, 1.54) is 11.3 Å². The number of hydrogen-bond donors (Lipinski definition) is 1. The average molecular weight is 250 g/mol. The van der Waals surface area contributed by atoms with Gasteiger partial charge in [0.05, 0.1) is 0 Å². The Morgan fingerprint density at radius 1 is 1.28 bits per heavy atom. The summed E-state index contributed by atoms with van der Waals surface area (Å²) < 4.78 is 5.17. The lowest BCUT2D eigenvalue weighted by molar-refractivity contribution is 0.188. The van der Waals surface area contributed by atoms with Crippen molar-refractivity contribution in [3.8, 4) is 0 Å². The van der Waals surface area contributed by atoms with E-state index in [1.54, 1.807) is 7.11 Å². The van der Waals surface area contributed by atoms with Crippen molar-refractivity contribution in [1.82, 2.24) is 0 Å². The third kappa shape index (κ3) is 4.31. The van der Waals surface area contributed by atoms with Gasteiger partial charge < -0.3 is 15.4 Å². The normalized spacial score (nSPS) is 12.4. The third-order valence-electron chi connectivity index (χ3n) is 3.24. The number of ether oxygens (including phenoxy) is 1. The van der Waals surface area contributed by atoms with E-state index in [1.807, 2.05) is 0 Å². The Kier molecular flexibility index (Phi) is 6.76. The monoisotopic (exact) mass is 250 g/mol. The minimum Gasteiger partial charge on any atom is -0.385 e. The fourth-order valence-corrected chi connectivity index (χ4v) is 2.11. The van der Waals surface area contributed by atoms with Gasteiger partial charge in [-0.3, -0.25) is 0 Å². The van der Waals surface area contributed by atoms with Crippen molar-refractivity contribution in [3.05, 3.63) is 29.8 Å². The quantitative estimate of drug-likeness (QED) is 0.771. The van der Waals surface area contributed by atoms with Crippen molar-refractivity contribution in [2.24, 2.45) is 5.73 Å². The lowest BCUT2D eigenvalue weighted by atomic mass is 10.1. The molecule has 0 aromatic heterocycles. The van der Waals surface area contributed by atoms with E-state index in [0.29, 0.717) is 12.6 Å². The summed E-state index contributed by atoms with van der Waals surface area (Å²) in [5, 5.41) is 0. The van der Waals surface area contributed by atoms with E-state index in [-0.39, 0.29) is 0 Å². The second kappa shape index (κ2) is 8.11. The number of benzene rings is 1. The molecule has 102 valence electrons. The first-order valence-corrected chi connectivity index (χ1v) is 6.77. The fourth-order valence-electron chi connectivity index (χ4n) is 2.11. The Labute approximate surface area is 111 Å². The summed E-state index contributed by atoms with van der Waals surface area (Å²) >= 11 is 0. The van der Waals surface area contributed by atoms with Crippen LogP contribution in [0.3, 0.4) is 0 Å². The molecule has 0 amide bonds. The largest absolute Gasteiger partial charge is 0.385 e. The molecule has 1 aromatic rings. The van der Waals surface area contributed by atoms with Crippen LogP contribution in [0.4, 0.5) is 5.69 Å². The van der Waals surface area contributed by atoms with E-state index in [9.17, 15) is 0 Å². The van der Waals surface area contributed by atoms with Crippen LogP contribution in [0.5, 0.6) is 0 Å². The Morgan fingerprint density at radius 3 is 2.44 bits per heavy atom. The van der Waals surface area contributed by atoms with Gasteiger partial charge in [0.2, 0.25) is 0 Å². The molecule has 0 heterocycles. The van der Waals surface area contributed by atoms with Crippen LogP contribution in [0.15, 0.2) is 24.3 Å². The van der Waals surface area contributed by atoms with E-state index in [2.05, 4.69) is 43.0 Å². The van der Waals surface area contributed by atoms with Crippen LogP contribution >= 0.6 is 0 Å². The zero-order valence-electron chi connectivity index (χ0n) is 11.9. The highest BCUT2D eigenvalue weighted by Crippen LogP contribution is 2.19. The zero-order valence-corrected chi connectivity index (χ0v) is 11.9. The molecule has 0 spiro atoms. The van der Waals surface area contributed by atoms with Gasteiger partial charge in [0.15, 0.2) is 0 Å². The van der Waals surface area contributed by atoms with Crippen molar-refractivity contribution in [2.75, 3.05) is 25.2 Å². The number of nitrogens with two attached hydrogens (primary N) is 1. The first-order chi connectivity index (χ1) is 8.72. The molecule has 1 atom stereocenters. The minimum atomic E-state index is 0.494. The maximum absolute atomic E-state index is 5.63. The van der Waals surface area contributed by atoms with Gasteiger partial charge >= 0.3 is 0 Å². The van der Waals surface area contributed by atoms with Crippen molar-refractivity contribution >= 4 is 5.69 Å². The summed E-state index contributed by atoms with van der Waals surface area (Å²) in [6.07, 6.45) is 2.20. The van der Waals surface area contributed by atoms with Crippen LogP contribution in [0.25, 0.3) is 0 Å². The highest BCUT2D eigenvalue weighted by atomic mass is 16.5.